The van der Waals surface area contributed by atoms with Crippen LogP contribution in [0.15, 0.2) is 36.4 Å². The molecule has 0 aliphatic carbocycles. The minimum Gasteiger partial charge on any atom is -0.368 e. The van der Waals surface area contributed by atoms with Crippen LogP contribution < -0.4 is 5.73 Å². The van der Waals surface area contributed by atoms with Crippen LogP contribution in [-0.2, 0) is 0 Å². The predicted molar refractivity (Wildman–Crippen MR) is 83.4 cm³/mol. The van der Waals surface area contributed by atoms with E-state index in [1.807, 2.05) is 0 Å². The van der Waals surface area contributed by atoms with E-state index in [-0.39, 0.29) is 23.4 Å². The number of nitrogens with zero attached hydrogens (tertiary/aromatic N) is 2. The predicted octanol–water partition coefficient (Wildman–Crippen LogP) is 4.58. The fourth-order valence-corrected chi connectivity index (χ4v) is 2.50. The normalized spacial score (nSPS) is 12.5. The Morgan fingerprint density at radius 1 is 1.04 bits per heavy atom. The van der Waals surface area contributed by atoms with Gasteiger partial charge in [-0.15, -0.1) is 0 Å². The van der Waals surface area contributed by atoms with Crippen molar-refractivity contribution in [1.29, 1.82) is 0 Å². The second-order valence-electron chi connectivity index (χ2n) is 5.20. The van der Waals surface area contributed by atoms with E-state index < -0.39 is 17.8 Å². The number of nitrogens with two attached hydrogens (primary N) is 1. The molecule has 0 spiro atoms. The van der Waals surface area contributed by atoms with Crippen molar-refractivity contribution in [3.63, 3.8) is 0 Å². The molecule has 0 radical (unpaired) electrons. The zero-order chi connectivity index (χ0) is 16.6. The first-order valence-corrected chi connectivity index (χ1v) is 7.16. The van der Waals surface area contributed by atoms with Crippen molar-refractivity contribution in [1.82, 2.24) is 9.97 Å². The van der Waals surface area contributed by atoms with Crippen molar-refractivity contribution in [2.75, 3.05) is 5.73 Å². The molecule has 3 nitrogen and oxygen atoms in total. The summed E-state index contributed by atoms with van der Waals surface area (Å²) in [5, 5.41) is 0.607. The maximum atomic E-state index is 13.9. The van der Waals surface area contributed by atoms with Gasteiger partial charge in [0.1, 0.15) is 17.8 Å². The lowest BCUT2D eigenvalue weighted by Gasteiger charge is -2.11. The summed E-state index contributed by atoms with van der Waals surface area (Å²) in [6.07, 6.45) is -1.01. The van der Waals surface area contributed by atoms with Crippen LogP contribution in [0.2, 0.25) is 0 Å². The van der Waals surface area contributed by atoms with E-state index in [9.17, 15) is 13.2 Å². The van der Waals surface area contributed by atoms with E-state index in [1.165, 1.54) is 30.3 Å². The van der Waals surface area contributed by atoms with Crippen molar-refractivity contribution in [2.45, 2.75) is 19.5 Å². The summed E-state index contributed by atoms with van der Waals surface area (Å²) in [6.45, 7) is 1.69. The van der Waals surface area contributed by atoms with Crippen molar-refractivity contribution in [3.05, 3.63) is 53.7 Å². The number of hydrogen-bond acceptors (Lipinski definition) is 3. The van der Waals surface area contributed by atoms with E-state index >= 15 is 0 Å². The first-order chi connectivity index (χ1) is 11.0. The minimum absolute atomic E-state index is 0.0619. The van der Waals surface area contributed by atoms with Gasteiger partial charge in [-0.3, -0.25) is 0 Å². The lowest BCUT2D eigenvalue weighted by atomic mass is 10.0. The van der Waals surface area contributed by atoms with Gasteiger partial charge in [-0.2, -0.15) is 0 Å². The summed E-state index contributed by atoms with van der Waals surface area (Å²) >= 11 is 0. The van der Waals surface area contributed by atoms with Crippen molar-refractivity contribution in [3.8, 4) is 11.3 Å². The molecule has 3 aromatic rings. The molecule has 1 unspecified atom stereocenters. The number of fused-ring (bicyclic) bond motifs is 1. The zero-order valence-corrected chi connectivity index (χ0v) is 12.4. The molecule has 3 rings (SSSR count). The fourth-order valence-electron chi connectivity index (χ4n) is 2.50. The topological polar surface area (TPSA) is 51.8 Å². The molecule has 118 valence electrons. The number of benzene rings is 2. The molecule has 0 fully saturated rings. The summed E-state index contributed by atoms with van der Waals surface area (Å²) in [5.41, 5.74) is 6.76. The summed E-state index contributed by atoms with van der Waals surface area (Å²) < 4.78 is 41.2. The van der Waals surface area contributed by atoms with Gasteiger partial charge in [-0.05, 0) is 42.1 Å². The van der Waals surface area contributed by atoms with Gasteiger partial charge in [-0.1, -0.05) is 13.0 Å². The fraction of sp³-hybridized carbons (Fsp3) is 0.176. The highest BCUT2D eigenvalue weighted by Crippen LogP contribution is 2.32. The largest absolute Gasteiger partial charge is 0.368 e. The van der Waals surface area contributed by atoms with Crippen LogP contribution in [0.25, 0.3) is 22.0 Å². The maximum absolute atomic E-state index is 13.9. The molecule has 0 aliphatic heterocycles. The number of hydrogen-bond donors (Lipinski definition) is 1. The first kappa shape index (κ1) is 15.3. The Balaban J connectivity index is 2.25. The average molecular weight is 317 g/mol. The maximum Gasteiger partial charge on any atom is 0.220 e. The summed E-state index contributed by atoms with van der Waals surface area (Å²) in [7, 11) is 0. The molecule has 1 atom stereocenters. The Hall–Kier alpha value is -2.63. The van der Waals surface area contributed by atoms with Crippen molar-refractivity contribution < 1.29 is 13.2 Å². The van der Waals surface area contributed by atoms with Crippen LogP contribution in [0.5, 0.6) is 0 Å². The monoisotopic (exact) mass is 317 g/mol. The zero-order valence-electron chi connectivity index (χ0n) is 12.4. The van der Waals surface area contributed by atoms with E-state index in [4.69, 9.17) is 5.73 Å². The molecule has 6 heteroatoms. The smallest absolute Gasteiger partial charge is 0.220 e. The highest BCUT2D eigenvalue weighted by molar-refractivity contribution is 5.96. The Morgan fingerprint density at radius 3 is 2.57 bits per heavy atom. The van der Waals surface area contributed by atoms with Crippen molar-refractivity contribution in [2.24, 2.45) is 0 Å². The molecular weight excluding hydrogens is 303 g/mol. The van der Waals surface area contributed by atoms with Crippen LogP contribution in [-0.4, -0.2) is 9.97 Å². The second kappa shape index (κ2) is 5.87. The highest BCUT2D eigenvalue weighted by Gasteiger charge is 2.15. The molecular formula is C17H14F3N3. The van der Waals surface area contributed by atoms with Gasteiger partial charge in [0, 0.05) is 10.9 Å². The van der Waals surface area contributed by atoms with E-state index in [1.54, 1.807) is 6.92 Å². The quantitative estimate of drug-likeness (QED) is 0.769. The van der Waals surface area contributed by atoms with Gasteiger partial charge in [0.25, 0.3) is 0 Å². The van der Waals surface area contributed by atoms with Crippen LogP contribution in [0, 0.1) is 11.6 Å². The molecule has 23 heavy (non-hydrogen) atoms. The number of nitrogen functional groups attached to an aromatic ring is 1. The molecule has 0 aliphatic rings. The molecule has 0 saturated carbocycles. The highest BCUT2D eigenvalue weighted by atomic mass is 19.1. The summed E-state index contributed by atoms with van der Waals surface area (Å²) in [4.78, 5) is 8.01. The lowest BCUT2D eigenvalue weighted by molar-refractivity contribution is 0.327. The molecule has 2 aromatic carbocycles. The first-order valence-electron chi connectivity index (χ1n) is 7.16. The van der Waals surface area contributed by atoms with Crippen LogP contribution in [0.4, 0.5) is 19.1 Å². The third-order valence-corrected chi connectivity index (χ3v) is 3.64. The number of aromatic nitrogens is 2. The van der Waals surface area contributed by atoms with Crippen LogP contribution in [0.1, 0.15) is 25.2 Å². The molecule has 2 N–H and O–H groups in total. The summed E-state index contributed by atoms with van der Waals surface area (Å²) in [5.74, 6) is -1.14. The van der Waals surface area contributed by atoms with Gasteiger partial charge in [0.05, 0.1) is 11.4 Å². The molecule has 0 bridgehead atoms. The van der Waals surface area contributed by atoms with E-state index in [0.717, 1.165) is 6.07 Å². The third kappa shape index (κ3) is 2.84. The van der Waals surface area contributed by atoms with Crippen molar-refractivity contribution >= 4 is 16.7 Å². The molecule has 0 amide bonds. The summed E-state index contributed by atoms with van der Waals surface area (Å²) in [6, 6.07) is 8.04. The molecule has 1 heterocycles. The van der Waals surface area contributed by atoms with Gasteiger partial charge in [-0.25, -0.2) is 23.1 Å². The minimum atomic E-state index is -1.26. The van der Waals surface area contributed by atoms with Crippen LogP contribution >= 0.6 is 0 Å². The molecule has 0 saturated heterocycles. The van der Waals surface area contributed by atoms with E-state index in [0.29, 0.717) is 16.6 Å². The van der Waals surface area contributed by atoms with Crippen LogP contribution in [0.3, 0.4) is 0 Å². The SMILES string of the molecule is CCC(F)c1cc(-c2ccc(F)c3cc(F)ccc23)nc(N)n1. The Labute approximate surface area is 131 Å². The van der Waals surface area contributed by atoms with Gasteiger partial charge in [0.2, 0.25) is 5.95 Å². The Bertz CT molecular complexity index is 880. The van der Waals surface area contributed by atoms with Gasteiger partial charge >= 0.3 is 0 Å². The van der Waals surface area contributed by atoms with Gasteiger partial charge in [0.15, 0.2) is 0 Å². The second-order valence-corrected chi connectivity index (χ2v) is 5.20. The lowest BCUT2D eigenvalue weighted by Crippen LogP contribution is -2.03. The van der Waals surface area contributed by atoms with E-state index in [2.05, 4.69) is 9.97 Å². The third-order valence-electron chi connectivity index (χ3n) is 3.64. The average Bonchev–Trinajstić information content (AvgIpc) is 2.54. The Kier molecular flexibility index (Phi) is 3.90. The number of halogens is 3. The standard InChI is InChI=1S/C17H14F3N3/c1-2-13(19)16-8-15(22-17(21)23-16)11-5-6-14(20)12-7-9(18)3-4-10(11)12/h3-8,13H,2H2,1H3,(H2,21,22,23). The number of alkyl halides is 1. The van der Waals surface area contributed by atoms with Gasteiger partial charge < -0.3 is 5.73 Å². The number of anilines is 1. The number of rotatable bonds is 3. The Morgan fingerprint density at radius 2 is 1.83 bits per heavy atom. The molecule has 1 aromatic heterocycles.